The van der Waals surface area contributed by atoms with Crippen LogP contribution in [0.15, 0.2) is 0 Å². The molecule has 0 aliphatic heterocycles. The van der Waals surface area contributed by atoms with Crippen LogP contribution in [0.2, 0.25) is 0 Å². The average molecular weight is 178 g/mol. The first-order valence-corrected chi connectivity index (χ1v) is 3.04. The highest BCUT2D eigenvalue weighted by Gasteiger charge is 1.89. The van der Waals surface area contributed by atoms with E-state index in [1.165, 1.54) is 0 Å². The molecule has 0 radical (unpaired) electrons. The zero-order valence-electron chi connectivity index (χ0n) is 4.73. The van der Waals surface area contributed by atoms with Crippen LogP contribution in [0.5, 0.6) is 0 Å². The van der Waals surface area contributed by atoms with Gasteiger partial charge in [-0.15, -0.1) is 16.3 Å². The van der Waals surface area contributed by atoms with Crippen LogP contribution >= 0.6 is 36.0 Å². The second-order valence-corrected chi connectivity index (χ2v) is 2.37. The van der Waals surface area contributed by atoms with Gasteiger partial charge in [0, 0.05) is 6.54 Å². The average Bonchev–Trinajstić information content (AvgIpc) is 1.61. The highest BCUT2D eigenvalue weighted by Crippen LogP contribution is 2.00. The molecule has 0 N–H and O–H groups in total. The molecule has 0 atom stereocenters. The van der Waals surface area contributed by atoms with Crippen molar-refractivity contribution in [1.29, 1.82) is 0 Å². The second-order valence-electron chi connectivity index (χ2n) is 1.38. The number of nitrogens with zero attached hydrogens (tertiary/aromatic N) is 1. The molecule has 0 heterocycles. The number of unbranched alkanes of at least 4 members (excludes halogenated alkanes) is 1. The third-order valence-electron chi connectivity index (χ3n) is 0.681. The van der Waals surface area contributed by atoms with E-state index in [1.54, 1.807) is 0 Å². The van der Waals surface area contributed by atoms with Crippen molar-refractivity contribution < 1.29 is 0 Å². The zero-order chi connectivity index (χ0) is 5.70. The van der Waals surface area contributed by atoms with Crippen molar-refractivity contribution in [3.63, 3.8) is 0 Å². The Morgan fingerprint density at radius 1 is 1.38 bits per heavy atom. The molecule has 8 heavy (non-hydrogen) atoms. The van der Waals surface area contributed by atoms with Gasteiger partial charge in [0.25, 0.3) is 0 Å². The predicted molar refractivity (Wildman–Crippen MR) is 40.6 cm³/mol. The smallest absolute Gasteiger partial charge is 0.0304 e. The minimum Gasteiger partial charge on any atom is -0.147 e. The van der Waals surface area contributed by atoms with Crippen LogP contribution in [0.3, 0.4) is 0 Å². The molecule has 0 aliphatic rings. The van der Waals surface area contributed by atoms with Gasteiger partial charge in [0.2, 0.25) is 0 Å². The second kappa shape index (κ2) is 7.83. The maximum Gasteiger partial charge on any atom is 0.0304 e. The molecule has 0 amide bonds. The summed E-state index contributed by atoms with van der Waals surface area (Å²) in [4.78, 5) is 0. The van der Waals surface area contributed by atoms with E-state index in [0.29, 0.717) is 0 Å². The van der Waals surface area contributed by atoms with Crippen LogP contribution < -0.4 is 0 Å². The highest BCUT2D eigenvalue weighted by molar-refractivity contribution is 6.33. The number of hydrogen-bond acceptors (Lipinski definition) is 1. The molecule has 0 aromatic rings. The summed E-state index contributed by atoms with van der Waals surface area (Å²) in [5, 5.41) is 0. The van der Waals surface area contributed by atoms with Gasteiger partial charge in [0.15, 0.2) is 0 Å². The molecule has 0 bridgehead atoms. The van der Waals surface area contributed by atoms with E-state index in [0.717, 1.165) is 23.3 Å². The molecule has 1 nitrogen and oxygen atoms in total. The van der Waals surface area contributed by atoms with E-state index in [-0.39, 0.29) is 12.4 Å². The first-order valence-electron chi connectivity index (χ1n) is 2.36. The lowest BCUT2D eigenvalue weighted by molar-refractivity contribution is 0.637. The first kappa shape index (κ1) is 11.6. The summed E-state index contributed by atoms with van der Waals surface area (Å²) in [5.41, 5.74) is 0. The fourth-order valence-corrected chi connectivity index (χ4v) is 0.517. The molecule has 4 heteroatoms. The van der Waals surface area contributed by atoms with E-state index in [4.69, 9.17) is 23.6 Å². The Labute approximate surface area is 66.6 Å². The van der Waals surface area contributed by atoms with Gasteiger partial charge in [-0.3, -0.25) is 0 Å². The molecular weight excluding hydrogens is 168 g/mol. The summed E-state index contributed by atoms with van der Waals surface area (Å²) in [6, 6.07) is 0. The van der Waals surface area contributed by atoms with Crippen LogP contribution in [-0.2, 0) is 0 Å². The highest BCUT2D eigenvalue weighted by atomic mass is 35.5. The van der Waals surface area contributed by atoms with Gasteiger partial charge in [0.1, 0.15) is 0 Å². The van der Waals surface area contributed by atoms with Gasteiger partial charge >= 0.3 is 0 Å². The van der Waals surface area contributed by atoms with Crippen LogP contribution in [0.4, 0.5) is 0 Å². The predicted octanol–water partition coefficient (Wildman–Crippen LogP) is 2.82. The topological polar surface area (TPSA) is 3.24 Å². The van der Waals surface area contributed by atoms with Gasteiger partial charge < -0.3 is 0 Å². The lowest BCUT2D eigenvalue weighted by Gasteiger charge is -1.98. The number of hydrogen-bond donors (Lipinski definition) is 0. The summed E-state index contributed by atoms with van der Waals surface area (Å²) in [6.45, 7) is 2.86. The van der Waals surface area contributed by atoms with Crippen molar-refractivity contribution in [2.75, 3.05) is 6.54 Å². The Balaban J connectivity index is 0. The summed E-state index contributed by atoms with van der Waals surface area (Å²) >= 11 is 10.5. The number of rotatable bonds is 3. The van der Waals surface area contributed by atoms with Gasteiger partial charge in [-0.25, -0.2) is 0 Å². The standard InChI is InChI=1S/C4H9Cl2N.ClH/c1-2-3-4-7(5)6;/h2-4H2,1H3;1H. The summed E-state index contributed by atoms with van der Waals surface area (Å²) in [5.74, 6) is 0. The molecule has 0 rings (SSSR count). The monoisotopic (exact) mass is 177 g/mol. The van der Waals surface area contributed by atoms with Crippen molar-refractivity contribution in [2.24, 2.45) is 0 Å². The van der Waals surface area contributed by atoms with Crippen molar-refractivity contribution in [2.45, 2.75) is 19.8 Å². The lowest BCUT2D eigenvalue weighted by Crippen LogP contribution is -1.97. The maximum atomic E-state index is 5.26. The molecule has 0 aromatic heterocycles. The van der Waals surface area contributed by atoms with Crippen LogP contribution in [-0.4, -0.2) is 10.5 Å². The van der Waals surface area contributed by atoms with E-state index in [1.807, 2.05) is 0 Å². The van der Waals surface area contributed by atoms with Crippen molar-refractivity contribution >= 4 is 36.0 Å². The normalized spacial score (nSPS) is 9.00. The fraction of sp³-hybridized carbons (Fsp3) is 1.00. The maximum absolute atomic E-state index is 5.26. The Morgan fingerprint density at radius 3 is 2.00 bits per heavy atom. The van der Waals surface area contributed by atoms with Gasteiger partial charge in [-0.2, -0.15) is 0 Å². The fourth-order valence-electron chi connectivity index (χ4n) is 0.278. The lowest BCUT2D eigenvalue weighted by atomic mass is 10.3. The molecule has 52 valence electrons. The van der Waals surface area contributed by atoms with Crippen LogP contribution in [0.1, 0.15) is 19.8 Å². The SMILES string of the molecule is CCCCN(Cl)Cl.Cl. The zero-order valence-corrected chi connectivity index (χ0v) is 7.06. The third kappa shape index (κ3) is 9.95. The van der Waals surface area contributed by atoms with Crippen molar-refractivity contribution in [3.05, 3.63) is 0 Å². The van der Waals surface area contributed by atoms with E-state index >= 15 is 0 Å². The van der Waals surface area contributed by atoms with Crippen LogP contribution in [0.25, 0.3) is 0 Å². The molecule has 0 aromatic carbocycles. The first-order chi connectivity index (χ1) is 3.27. The van der Waals surface area contributed by atoms with E-state index in [2.05, 4.69) is 6.92 Å². The Kier molecular flexibility index (Phi) is 11.4. The van der Waals surface area contributed by atoms with Gasteiger partial charge in [-0.05, 0) is 30.0 Å². The summed E-state index contributed by atoms with van der Waals surface area (Å²) in [7, 11) is 0. The van der Waals surface area contributed by atoms with E-state index in [9.17, 15) is 0 Å². The summed E-state index contributed by atoms with van der Waals surface area (Å²) in [6.07, 6.45) is 2.20. The molecular formula is C4H10Cl3N. The van der Waals surface area contributed by atoms with Gasteiger partial charge in [-0.1, -0.05) is 13.3 Å². The minimum absolute atomic E-state index is 0. The molecule has 0 fully saturated rings. The Hall–Kier alpha value is 0.830. The summed E-state index contributed by atoms with van der Waals surface area (Å²) < 4.78 is 1.16. The van der Waals surface area contributed by atoms with Crippen LogP contribution in [0, 0.1) is 0 Å². The van der Waals surface area contributed by atoms with E-state index < -0.39 is 0 Å². The Morgan fingerprint density at radius 2 is 1.88 bits per heavy atom. The molecule has 0 spiro atoms. The molecule has 0 saturated carbocycles. The van der Waals surface area contributed by atoms with Gasteiger partial charge in [0.05, 0.1) is 0 Å². The number of halogens is 3. The largest absolute Gasteiger partial charge is 0.147 e. The minimum atomic E-state index is 0. The molecule has 0 unspecified atom stereocenters. The molecule has 0 saturated heterocycles. The van der Waals surface area contributed by atoms with Crippen molar-refractivity contribution in [3.8, 4) is 0 Å². The van der Waals surface area contributed by atoms with Crippen molar-refractivity contribution in [1.82, 2.24) is 3.94 Å². The quantitative estimate of drug-likeness (QED) is 0.601. The molecule has 0 aliphatic carbocycles. The Bertz CT molecular complexity index is 40.3. The third-order valence-corrected chi connectivity index (χ3v) is 1.02.